The number of aromatic nitrogens is 1. The topological polar surface area (TPSA) is 31.4 Å². The minimum atomic E-state index is 0.565. The van der Waals surface area contributed by atoms with Crippen LogP contribution in [0.5, 0.6) is 0 Å². The second-order valence-corrected chi connectivity index (χ2v) is 6.71. The SMILES string of the molecule is CNc1ccc(Cl)c(CN2CC3CCCCN3CC2C)n1. The lowest BCUT2D eigenvalue weighted by Gasteiger charge is -2.47. The van der Waals surface area contributed by atoms with Gasteiger partial charge in [-0.1, -0.05) is 18.0 Å². The van der Waals surface area contributed by atoms with Gasteiger partial charge in [0.25, 0.3) is 0 Å². The van der Waals surface area contributed by atoms with E-state index in [0.29, 0.717) is 6.04 Å². The first kappa shape index (κ1) is 15.1. The maximum Gasteiger partial charge on any atom is 0.126 e. The summed E-state index contributed by atoms with van der Waals surface area (Å²) in [5, 5.41) is 3.86. The van der Waals surface area contributed by atoms with Gasteiger partial charge in [0.2, 0.25) is 0 Å². The highest BCUT2D eigenvalue weighted by molar-refractivity contribution is 6.31. The Labute approximate surface area is 132 Å². The fourth-order valence-corrected chi connectivity index (χ4v) is 3.72. The molecule has 1 N–H and O–H groups in total. The molecule has 0 spiro atoms. The molecule has 5 heteroatoms. The Balaban J connectivity index is 1.72. The van der Waals surface area contributed by atoms with Gasteiger partial charge in [0, 0.05) is 38.8 Å². The Morgan fingerprint density at radius 2 is 2.19 bits per heavy atom. The van der Waals surface area contributed by atoms with Crippen molar-refractivity contribution < 1.29 is 0 Å². The number of piperidine rings is 1. The number of rotatable bonds is 3. The molecule has 2 atom stereocenters. The summed E-state index contributed by atoms with van der Waals surface area (Å²) in [7, 11) is 1.89. The summed E-state index contributed by atoms with van der Waals surface area (Å²) in [6.07, 6.45) is 4.07. The summed E-state index contributed by atoms with van der Waals surface area (Å²) in [4.78, 5) is 9.84. The molecule has 4 nitrogen and oxygen atoms in total. The second-order valence-electron chi connectivity index (χ2n) is 6.30. The van der Waals surface area contributed by atoms with Gasteiger partial charge in [-0.15, -0.1) is 0 Å². The molecule has 116 valence electrons. The van der Waals surface area contributed by atoms with Crippen molar-refractivity contribution in [2.24, 2.45) is 0 Å². The summed E-state index contributed by atoms with van der Waals surface area (Å²) in [5.74, 6) is 0.887. The molecule has 2 aliphatic heterocycles. The van der Waals surface area contributed by atoms with Gasteiger partial charge >= 0.3 is 0 Å². The third-order valence-electron chi connectivity index (χ3n) is 4.84. The van der Waals surface area contributed by atoms with Crippen molar-refractivity contribution in [1.29, 1.82) is 0 Å². The molecule has 0 saturated carbocycles. The van der Waals surface area contributed by atoms with Crippen LogP contribution in [0.2, 0.25) is 5.02 Å². The van der Waals surface area contributed by atoms with E-state index in [1.165, 1.54) is 32.4 Å². The number of pyridine rings is 1. The normalized spacial score (nSPS) is 27.4. The number of halogens is 1. The zero-order chi connectivity index (χ0) is 14.8. The van der Waals surface area contributed by atoms with Crippen LogP contribution in [0.3, 0.4) is 0 Å². The molecule has 2 unspecified atom stereocenters. The van der Waals surface area contributed by atoms with Crippen LogP contribution >= 0.6 is 11.6 Å². The minimum absolute atomic E-state index is 0.565. The number of hydrogen-bond donors (Lipinski definition) is 1. The van der Waals surface area contributed by atoms with Crippen molar-refractivity contribution in [3.8, 4) is 0 Å². The van der Waals surface area contributed by atoms with E-state index in [2.05, 4.69) is 27.0 Å². The van der Waals surface area contributed by atoms with Crippen LogP contribution in [-0.4, -0.2) is 53.5 Å². The number of nitrogens with one attached hydrogen (secondary N) is 1. The summed E-state index contributed by atoms with van der Waals surface area (Å²) >= 11 is 6.33. The number of piperazine rings is 1. The van der Waals surface area contributed by atoms with Crippen molar-refractivity contribution in [3.05, 3.63) is 22.8 Å². The Morgan fingerprint density at radius 3 is 3.00 bits per heavy atom. The summed E-state index contributed by atoms with van der Waals surface area (Å²) in [6.45, 7) is 6.76. The van der Waals surface area contributed by atoms with Crippen LogP contribution in [0.15, 0.2) is 12.1 Å². The Hall–Kier alpha value is -0.840. The van der Waals surface area contributed by atoms with E-state index in [0.717, 1.165) is 35.7 Å². The third kappa shape index (κ3) is 3.33. The fraction of sp³-hybridized carbons (Fsp3) is 0.688. The number of nitrogens with zero attached hydrogens (tertiary/aromatic N) is 3. The molecule has 1 aromatic heterocycles. The van der Waals surface area contributed by atoms with Gasteiger partial charge in [0.15, 0.2) is 0 Å². The van der Waals surface area contributed by atoms with Crippen molar-refractivity contribution in [3.63, 3.8) is 0 Å². The molecule has 1 aromatic rings. The highest BCUT2D eigenvalue weighted by Crippen LogP contribution is 2.26. The summed E-state index contributed by atoms with van der Waals surface area (Å²) < 4.78 is 0. The molecule has 0 amide bonds. The van der Waals surface area contributed by atoms with Crippen molar-refractivity contribution in [1.82, 2.24) is 14.8 Å². The standard InChI is InChI=1S/C16H25ClN4/c1-12-9-20-8-4-3-5-13(20)10-21(12)11-15-14(17)6-7-16(18-2)19-15/h6-7,12-13H,3-5,8-11H2,1-2H3,(H,18,19). The van der Waals surface area contributed by atoms with Crippen LogP contribution in [0.1, 0.15) is 31.9 Å². The predicted octanol–water partition coefficient (Wildman–Crippen LogP) is 2.84. The van der Waals surface area contributed by atoms with E-state index in [4.69, 9.17) is 11.6 Å². The number of anilines is 1. The third-order valence-corrected chi connectivity index (χ3v) is 5.19. The maximum atomic E-state index is 6.33. The second kappa shape index (κ2) is 6.51. The van der Waals surface area contributed by atoms with Gasteiger partial charge < -0.3 is 5.32 Å². The zero-order valence-corrected chi connectivity index (χ0v) is 13.7. The largest absolute Gasteiger partial charge is 0.373 e. The predicted molar refractivity (Wildman–Crippen MR) is 87.9 cm³/mol. The first-order chi connectivity index (χ1) is 10.2. The van der Waals surface area contributed by atoms with Gasteiger partial charge in [0.1, 0.15) is 5.82 Å². The molecular weight excluding hydrogens is 284 g/mol. The van der Waals surface area contributed by atoms with E-state index in [9.17, 15) is 0 Å². The quantitative estimate of drug-likeness (QED) is 0.930. The molecule has 3 heterocycles. The van der Waals surface area contributed by atoms with Crippen LogP contribution in [0, 0.1) is 0 Å². The number of fused-ring (bicyclic) bond motifs is 1. The smallest absolute Gasteiger partial charge is 0.126 e. The average molecular weight is 309 g/mol. The van der Waals surface area contributed by atoms with Gasteiger partial charge in [-0.3, -0.25) is 9.80 Å². The number of hydrogen-bond acceptors (Lipinski definition) is 4. The lowest BCUT2D eigenvalue weighted by Crippen LogP contribution is -2.58. The highest BCUT2D eigenvalue weighted by Gasteiger charge is 2.33. The molecule has 0 bridgehead atoms. The molecule has 2 saturated heterocycles. The molecule has 2 fully saturated rings. The van der Waals surface area contributed by atoms with Crippen molar-refractivity contribution in [2.45, 2.75) is 44.8 Å². The average Bonchev–Trinajstić information content (AvgIpc) is 2.50. The molecule has 0 radical (unpaired) electrons. The molecule has 21 heavy (non-hydrogen) atoms. The van der Waals surface area contributed by atoms with Crippen molar-refractivity contribution >= 4 is 17.4 Å². The van der Waals surface area contributed by atoms with Gasteiger partial charge in [-0.25, -0.2) is 4.98 Å². The van der Waals surface area contributed by atoms with Crippen LogP contribution in [0.25, 0.3) is 0 Å². The highest BCUT2D eigenvalue weighted by atomic mass is 35.5. The van der Waals surface area contributed by atoms with E-state index >= 15 is 0 Å². The Bertz CT molecular complexity index is 493. The Morgan fingerprint density at radius 1 is 1.33 bits per heavy atom. The van der Waals surface area contributed by atoms with Gasteiger partial charge in [-0.2, -0.15) is 0 Å². The molecule has 3 rings (SSSR count). The monoisotopic (exact) mass is 308 g/mol. The lowest BCUT2D eigenvalue weighted by molar-refractivity contribution is 0.0105. The molecule has 0 aromatic carbocycles. The van der Waals surface area contributed by atoms with Crippen LogP contribution in [0.4, 0.5) is 5.82 Å². The van der Waals surface area contributed by atoms with E-state index in [1.807, 2.05) is 19.2 Å². The molecule has 2 aliphatic rings. The van der Waals surface area contributed by atoms with Gasteiger partial charge in [-0.05, 0) is 38.4 Å². The van der Waals surface area contributed by atoms with E-state index in [1.54, 1.807) is 0 Å². The van der Waals surface area contributed by atoms with E-state index < -0.39 is 0 Å². The first-order valence-electron chi connectivity index (χ1n) is 7.98. The summed E-state index contributed by atoms with van der Waals surface area (Å²) in [6, 6.07) is 5.16. The fourth-order valence-electron chi connectivity index (χ4n) is 3.56. The van der Waals surface area contributed by atoms with Crippen LogP contribution < -0.4 is 5.32 Å². The Kier molecular flexibility index (Phi) is 4.67. The summed E-state index contributed by atoms with van der Waals surface area (Å²) in [5.41, 5.74) is 0.986. The van der Waals surface area contributed by atoms with Crippen LogP contribution in [-0.2, 0) is 6.54 Å². The maximum absolute atomic E-state index is 6.33. The minimum Gasteiger partial charge on any atom is -0.373 e. The first-order valence-corrected chi connectivity index (χ1v) is 8.36. The van der Waals surface area contributed by atoms with Gasteiger partial charge in [0.05, 0.1) is 10.7 Å². The lowest BCUT2D eigenvalue weighted by atomic mass is 9.97. The van der Waals surface area contributed by atoms with Crippen molar-refractivity contribution in [2.75, 3.05) is 32.0 Å². The molecule has 0 aliphatic carbocycles. The van der Waals surface area contributed by atoms with E-state index in [-0.39, 0.29) is 0 Å². The zero-order valence-electron chi connectivity index (χ0n) is 13.0. The molecular formula is C16H25ClN4.